The third-order valence-corrected chi connectivity index (χ3v) is 3.27. The molecule has 0 atom stereocenters. The Morgan fingerprint density at radius 3 is 2.71 bits per heavy atom. The fraction of sp³-hybridized carbons (Fsp3) is 0.0833. The standard InChI is InChI=1S/C12H9BrF2N2/c1-7-4-5-16-12(11(7)13)17-10-3-2-8(14)6-9(10)15/h2-6H,1H3,(H,16,17). The lowest BCUT2D eigenvalue weighted by atomic mass is 10.2. The van der Waals surface area contributed by atoms with Gasteiger partial charge in [-0.25, -0.2) is 13.8 Å². The second-order valence-electron chi connectivity index (χ2n) is 3.54. The van der Waals surface area contributed by atoms with Gasteiger partial charge in [0.2, 0.25) is 0 Å². The zero-order chi connectivity index (χ0) is 12.4. The molecule has 0 fully saturated rings. The maximum Gasteiger partial charge on any atom is 0.149 e. The van der Waals surface area contributed by atoms with Crippen molar-refractivity contribution in [3.8, 4) is 0 Å². The summed E-state index contributed by atoms with van der Waals surface area (Å²) in [6.45, 7) is 1.90. The molecule has 0 aliphatic carbocycles. The molecule has 88 valence electrons. The average molecular weight is 299 g/mol. The minimum Gasteiger partial charge on any atom is -0.337 e. The summed E-state index contributed by atoms with van der Waals surface area (Å²) in [5, 5.41) is 2.81. The molecule has 2 rings (SSSR count). The first-order valence-electron chi connectivity index (χ1n) is 4.91. The molecule has 2 aromatic rings. The molecule has 0 spiro atoms. The van der Waals surface area contributed by atoms with Gasteiger partial charge in [0, 0.05) is 12.3 Å². The second-order valence-corrected chi connectivity index (χ2v) is 4.33. The van der Waals surface area contributed by atoms with E-state index in [-0.39, 0.29) is 5.69 Å². The number of halogens is 3. The average Bonchev–Trinajstić information content (AvgIpc) is 2.28. The predicted molar refractivity (Wildman–Crippen MR) is 66.3 cm³/mol. The molecule has 5 heteroatoms. The molecule has 1 N–H and O–H groups in total. The van der Waals surface area contributed by atoms with E-state index in [1.165, 1.54) is 12.1 Å². The van der Waals surface area contributed by atoms with Crippen LogP contribution in [-0.4, -0.2) is 4.98 Å². The second kappa shape index (κ2) is 4.79. The number of benzene rings is 1. The van der Waals surface area contributed by atoms with Crippen LogP contribution in [-0.2, 0) is 0 Å². The van der Waals surface area contributed by atoms with E-state index in [0.717, 1.165) is 16.1 Å². The molecule has 0 aliphatic rings. The number of pyridine rings is 1. The van der Waals surface area contributed by atoms with E-state index in [1.807, 2.05) is 13.0 Å². The van der Waals surface area contributed by atoms with Gasteiger partial charge >= 0.3 is 0 Å². The first-order valence-corrected chi connectivity index (χ1v) is 5.70. The van der Waals surface area contributed by atoms with Crippen molar-refractivity contribution in [2.45, 2.75) is 6.92 Å². The Bertz CT molecular complexity index is 558. The Labute approximate surface area is 106 Å². The molecule has 0 radical (unpaired) electrons. The fourth-order valence-electron chi connectivity index (χ4n) is 1.35. The number of aryl methyl sites for hydroxylation is 1. The molecule has 0 aliphatic heterocycles. The number of hydrogen-bond donors (Lipinski definition) is 1. The molecule has 17 heavy (non-hydrogen) atoms. The normalized spacial score (nSPS) is 10.4. The van der Waals surface area contributed by atoms with Crippen molar-refractivity contribution in [3.05, 3.63) is 52.1 Å². The van der Waals surface area contributed by atoms with Crippen LogP contribution in [0.25, 0.3) is 0 Å². The van der Waals surface area contributed by atoms with Crippen molar-refractivity contribution in [1.29, 1.82) is 0 Å². The van der Waals surface area contributed by atoms with E-state index in [9.17, 15) is 8.78 Å². The van der Waals surface area contributed by atoms with Gasteiger partial charge in [0.25, 0.3) is 0 Å². The van der Waals surface area contributed by atoms with Gasteiger partial charge < -0.3 is 5.32 Å². The summed E-state index contributed by atoms with van der Waals surface area (Å²) in [6.07, 6.45) is 1.61. The van der Waals surface area contributed by atoms with E-state index in [1.54, 1.807) is 6.20 Å². The van der Waals surface area contributed by atoms with Crippen LogP contribution in [0.4, 0.5) is 20.3 Å². The monoisotopic (exact) mass is 298 g/mol. The number of aromatic nitrogens is 1. The fourth-order valence-corrected chi connectivity index (χ4v) is 1.68. The lowest BCUT2D eigenvalue weighted by Gasteiger charge is -2.09. The quantitative estimate of drug-likeness (QED) is 0.900. The Morgan fingerprint density at radius 2 is 2.00 bits per heavy atom. The van der Waals surface area contributed by atoms with Crippen molar-refractivity contribution in [2.24, 2.45) is 0 Å². The summed E-state index contributed by atoms with van der Waals surface area (Å²) in [5.41, 5.74) is 1.16. The number of rotatable bonds is 2. The minimum atomic E-state index is -0.653. The van der Waals surface area contributed by atoms with Crippen LogP contribution < -0.4 is 5.32 Å². The van der Waals surface area contributed by atoms with E-state index in [2.05, 4.69) is 26.2 Å². The smallest absolute Gasteiger partial charge is 0.149 e. The third-order valence-electron chi connectivity index (χ3n) is 2.27. The van der Waals surface area contributed by atoms with Crippen LogP contribution in [0.5, 0.6) is 0 Å². The largest absolute Gasteiger partial charge is 0.337 e. The Morgan fingerprint density at radius 1 is 1.24 bits per heavy atom. The van der Waals surface area contributed by atoms with Crippen molar-refractivity contribution in [1.82, 2.24) is 4.98 Å². The van der Waals surface area contributed by atoms with E-state index in [0.29, 0.717) is 5.82 Å². The highest BCUT2D eigenvalue weighted by molar-refractivity contribution is 9.10. The summed E-state index contributed by atoms with van der Waals surface area (Å²) >= 11 is 3.36. The zero-order valence-electron chi connectivity index (χ0n) is 8.97. The molecular formula is C12H9BrF2N2. The molecule has 2 nitrogen and oxygen atoms in total. The predicted octanol–water partition coefficient (Wildman–Crippen LogP) is 4.17. The van der Waals surface area contributed by atoms with E-state index < -0.39 is 11.6 Å². The van der Waals surface area contributed by atoms with Crippen LogP contribution in [0.3, 0.4) is 0 Å². The lowest BCUT2D eigenvalue weighted by molar-refractivity contribution is 0.586. The highest BCUT2D eigenvalue weighted by Crippen LogP contribution is 2.27. The van der Waals surface area contributed by atoms with Crippen molar-refractivity contribution in [2.75, 3.05) is 5.32 Å². The molecule has 1 aromatic heterocycles. The number of hydrogen-bond acceptors (Lipinski definition) is 2. The lowest BCUT2D eigenvalue weighted by Crippen LogP contribution is -1.98. The summed E-state index contributed by atoms with van der Waals surface area (Å²) < 4.78 is 26.9. The molecule has 1 heterocycles. The topological polar surface area (TPSA) is 24.9 Å². The molecule has 0 saturated carbocycles. The van der Waals surface area contributed by atoms with Crippen LogP contribution in [0.2, 0.25) is 0 Å². The molecular weight excluding hydrogens is 290 g/mol. The van der Waals surface area contributed by atoms with Gasteiger partial charge in [-0.15, -0.1) is 0 Å². The highest BCUT2D eigenvalue weighted by atomic mass is 79.9. The maximum absolute atomic E-state index is 13.4. The summed E-state index contributed by atoms with van der Waals surface area (Å²) in [4.78, 5) is 4.08. The highest BCUT2D eigenvalue weighted by Gasteiger charge is 2.08. The van der Waals surface area contributed by atoms with Gasteiger partial charge in [-0.3, -0.25) is 0 Å². The van der Waals surface area contributed by atoms with Gasteiger partial charge in [0.1, 0.15) is 17.5 Å². The first-order chi connectivity index (χ1) is 8.08. The van der Waals surface area contributed by atoms with Crippen LogP contribution in [0.15, 0.2) is 34.9 Å². The van der Waals surface area contributed by atoms with E-state index >= 15 is 0 Å². The van der Waals surface area contributed by atoms with Gasteiger partial charge in [-0.2, -0.15) is 0 Å². The SMILES string of the molecule is Cc1ccnc(Nc2ccc(F)cc2F)c1Br. The minimum absolute atomic E-state index is 0.185. The van der Waals surface area contributed by atoms with Crippen LogP contribution >= 0.6 is 15.9 Å². The number of anilines is 2. The van der Waals surface area contributed by atoms with Crippen LogP contribution in [0, 0.1) is 18.6 Å². The summed E-state index contributed by atoms with van der Waals surface area (Å²) in [6, 6.07) is 5.18. The molecule has 1 aromatic carbocycles. The van der Waals surface area contributed by atoms with Crippen molar-refractivity contribution in [3.63, 3.8) is 0 Å². The summed E-state index contributed by atoms with van der Waals surface area (Å²) in [7, 11) is 0. The van der Waals surface area contributed by atoms with Crippen molar-refractivity contribution < 1.29 is 8.78 Å². The first kappa shape index (κ1) is 12.0. The van der Waals surface area contributed by atoms with E-state index in [4.69, 9.17) is 0 Å². The van der Waals surface area contributed by atoms with Gasteiger partial charge in [0.05, 0.1) is 10.2 Å². The Kier molecular flexibility index (Phi) is 3.38. The Hall–Kier alpha value is -1.49. The van der Waals surface area contributed by atoms with Gasteiger partial charge in [0.15, 0.2) is 0 Å². The maximum atomic E-state index is 13.4. The molecule has 0 bridgehead atoms. The number of nitrogens with zero attached hydrogens (tertiary/aromatic N) is 1. The summed E-state index contributed by atoms with van der Waals surface area (Å²) in [5.74, 6) is -0.764. The Balaban J connectivity index is 2.35. The third kappa shape index (κ3) is 2.61. The van der Waals surface area contributed by atoms with Gasteiger partial charge in [-0.1, -0.05) is 0 Å². The van der Waals surface area contributed by atoms with Gasteiger partial charge in [-0.05, 0) is 46.6 Å². The van der Waals surface area contributed by atoms with Crippen molar-refractivity contribution >= 4 is 27.4 Å². The molecule has 0 unspecified atom stereocenters. The zero-order valence-corrected chi connectivity index (χ0v) is 10.6. The molecule has 0 saturated heterocycles. The molecule has 0 amide bonds. The van der Waals surface area contributed by atoms with Crippen LogP contribution in [0.1, 0.15) is 5.56 Å². The number of nitrogens with one attached hydrogen (secondary N) is 1.